The molecule has 0 aliphatic carbocycles. The number of ether oxygens (including phenoxy) is 2. The van der Waals surface area contributed by atoms with E-state index in [0.717, 1.165) is 49.4 Å². The average Bonchev–Trinajstić information content (AvgIpc) is 3.43. The molecule has 2 fully saturated rings. The minimum Gasteiger partial charge on any atom is -0.478 e. The summed E-state index contributed by atoms with van der Waals surface area (Å²) < 4.78 is 12.0. The number of carboxylic acids is 1. The maximum atomic E-state index is 11.1. The predicted octanol–water partition coefficient (Wildman–Crippen LogP) is 6.00. The Hall–Kier alpha value is -4.76. The first kappa shape index (κ1) is 27.4. The number of likely N-dealkylation sites (tertiary alicyclic amines) is 1. The number of pyridine rings is 2. The van der Waals surface area contributed by atoms with Crippen LogP contribution in [0.4, 0.5) is 5.69 Å². The topological polar surface area (TPSA) is 100 Å². The normalized spacial score (nSPS) is 18.6. The lowest BCUT2D eigenvalue weighted by Gasteiger charge is -2.39. The average molecular weight is 564 g/mol. The highest BCUT2D eigenvalue weighted by Gasteiger charge is 2.39. The molecule has 2 aromatic heterocycles. The highest BCUT2D eigenvalue weighted by molar-refractivity contribution is 5.87. The van der Waals surface area contributed by atoms with Gasteiger partial charge < -0.3 is 19.5 Å². The number of hydrogen-bond donors (Lipinski definition) is 1. The lowest BCUT2D eigenvalue weighted by molar-refractivity contribution is 0.0697. The van der Waals surface area contributed by atoms with Crippen molar-refractivity contribution in [3.05, 3.63) is 114 Å². The van der Waals surface area contributed by atoms with Crippen molar-refractivity contribution in [3.63, 3.8) is 0 Å². The van der Waals surface area contributed by atoms with Crippen molar-refractivity contribution in [3.8, 4) is 11.6 Å². The Balaban J connectivity index is 1.11. The minimum absolute atomic E-state index is 0.123. The van der Waals surface area contributed by atoms with Crippen molar-refractivity contribution in [1.29, 1.82) is 0 Å². The van der Waals surface area contributed by atoms with Crippen molar-refractivity contribution in [2.24, 2.45) is 4.99 Å². The Kier molecular flexibility index (Phi) is 8.09. The van der Waals surface area contributed by atoms with Crippen molar-refractivity contribution in [2.45, 2.75) is 38.4 Å². The molecule has 6 rings (SSSR count). The van der Waals surface area contributed by atoms with Gasteiger partial charge in [-0.25, -0.2) is 9.78 Å². The summed E-state index contributed by atoms with van der Waals surface area (Å²) in [6, 6.07) is 25.7. The van der Waals surface area contributed by atoms with E-state index in [1.54, 1.807) is 24.5 Å². The number of carbonyl (C=O) groups is 1. The molecule has 42 heavy (non-hydrogen) atoms. The first-order valence-electron chi connectivity index (χ1n) is 14.2. The molecule has 214 valence electrons. The van der Waals surface area contributed by atoms with Crippen molar-refractivity contribution < 1.29 is 19.4 Å². The number of aromatic nitrogens is 2. The molecular formula is C33H33N5O4. The molecule has 1 atom stereocenters. The summed E-state index contributed by atoms with van der Waals surface area (Å²) >= 11 is 0. The van der Waals surface area contributed by atoms with E-state index in [4.69, 9.17) is 19.6 Å². The number of rotatable bonds is 8. The zero-order chi connectivity index (χ0) is 28.9. The molecule has 0 unspecified atom stereocenters. The van der Waals surface area contributed by atoms with E-state index in [1.807, 2.05) is 31.2 Å². The molecule has 2 aliphatic heterocycles. The zero-order valence-electron chi connectivity index (χ0n) is 23.5. The standard InChI is InChI=1S/C33H33N5O4/c1-23-26(11-14-31(35-23)42-29-12-9-25(10-13-29)32(39)40)21-37-18-15-28(16-19-37)38-30(24-6-3-2-4-7-24)22-41-33(38)36-27-8-5-17-34-20-27/h2-14,17,20,28,30H,15-16,18-19,21-22H2,1H3,(H,39,40)/t30-/m0/s1. The molecule has 0 amide bonds. The molecule has 9 heteroatoms. The van der Waals surface area contributed by atoms with Gasteiger partial charge in [0.05, 0.1) is 23.5 Å². The number of nitrogens with zero attached hydrogens (tertiary/aromatic N) is 5. The van der Waals surface area contributed by atoms with Crippen LogP contribution in [0, 0.1) is 6.92 Å². The highest BCUT2D eigenvalue weighted by atomic mass is 16.5. The quantitative estimate of drug-likeness (QED) is 0.279. The first-order valence-corrected chi connectivity index (χ1v) is 14.2. The number of aromatic carboxylic acids is 1. The van der Waals surface area contributed by atoms with Gasteiger partial charge in [0.1, 0.15) is 12.4 Å². The molecule has 4 aromatic rings. The van der Waals surface area contributed by atoms with Crippen LogP contribution >= 0.6 is 0 Å². The highest BCUT2D eigenvalue weighted by Crippen LogP contribution is 2.34. The summed E-state index contributed by atoms with van der Waals surface area (Å²) in [7, 11) is 0. The molecule has 0 saturated carbocycles. The first-order chi connectivity index (χ1) is 20.5. The van der Waals surface area contributed by atoms with E-state index in [1.165, 1.54) is 17.7 Å². The molecule has 9 nitrogen and oxygen atoms in total. The van der Waals surface area contributed by atoms with Gasteiger partial charge in [0.2, 0.25) is 5.88 Å². The van der Waals surface area contributed by atoms with Crippen LogP contribution in [0.1, 0.15) is 46.1 Å². The number of benzene rings is 2. The number of piperidine rings is 1. The van der Waals surface area contributed by atoms with Gasteiger partial charge in [-0.3, -0.25) is 9.88 Å². The van der Waals surface area contributed by atoms with Gasteiger partial charge in [0.15, 0.2) is 0 Å². The molecule has 0 bridgehead atoms. The fourth-order valence-corrected chi connectivity index (χ4v) is 5.58. The third-order valence-corrected chi connectivity index (χ3v) is 7.82. The third-order valence-electron chi connectivity index (χ3n) is 7.82. The van der Waals surface area contributed by atoms with Crippen molar-refractivity contribution >= 4 is 17.7 Å². The van der Waals surface area contributed by atoms with Gasteiger partial charge in [-0.05, 0) is 67.3 Å². The smallest absolute Gasteiger partial charge is 0.335 e. The molecule has 2 aliphatic rings. The number of amidine groups is 1. The Bertz CT molecular complexity index is 1540. The molecule has 1 N–H and O–H groups in total. The fraction of sp³-hybridized carbons (Fsp3) is 0.273. The molecule has 0 spiro atoms. The minimum atomic E-state index is -0.966. The lowest BCUT2D eigenvalue weighted by Crippen LogP contribution is -2.46. The van der Waals surface area contributed by atoms with Crippen LogP contribution in [0.2, 0.25) is 0 Å². The summed E-state index contributed by atoms with van der Waals surface area (Å²) in [6.07, 6.45) is 5.51. The summed E-state index contributed by atoms with van der Waals surface area (Å²) in [5.41, 5.74) is 4.32. The monoisotopic (exact) mass is 563 g/mol. The van der Waals surface area contributed by atoms with Crippen LogP contribution < -0.4 is 4.74 Å². The predicted molar refractivity (Wildman–Crippen MR) is 159 cm³/mol. The van der Waals surface area contributed by atoms with Gasteiger partial charge >= 0.3 is 5.97 Å². The van der Waals surface area contributed by atoms with Gasteiger partial charge in [0, 0.05) is 43.6 Å². The van der Waals surface area contributed by atoms with Crippen molar-refractivity contribution in [1.82, 2.24) is 19.8 Å². The van der Waals surface area contributed by atoms with Gasteiger partial charge in [-0.1, -0.05) is 36.4 Å². The van der Waals surface area contributed by atoms with E-state index >= 15 is 0 Å². The van der Waals surface area contributed by atoms with Crippen molar-refractivity contribution in [2.75, 3.05) is 19.7 Å². The number of aryl methyl sites for hydroxylation is 1. The van der Waals surface area contributed by atoms with Crippen LogP contribution in [0.25, 0.3) is 0 Å². The van der Waals surface area contributed by atoms with Crippen LogP contribution in [-0.4, -0.2) is 62.6 Å². The second-order valence-corrected chi connectivity index (χ2v) is 10.6. The van der Waals surface area contributed by atoms with Crippen LogP contribution in [0.5, 0.6) is 11.6 Å². The van der Waals surface area contributed by atoms with Crippen LogP contribution in [-0.2, 0) is 11.3 Å². The second-order valence-electron chi connectivity index (χ2n) is 10.6. The lowest BCUT2D eigenvalue weighted by atomic mass is 9.98. The molecule has 0 radical (unpaired) electrons. The Morgan fingerprint density at radius 2 is 1.81 bits per heavy atom. The maximum Gasteiger partial charge on any atom is 0.335 e. The van der Waals surface area contributed by atoms with Crippen LogP contribution in [0.15, 0.2) is 96.2 Å². The molecule has 4 heterocycles. The molecular weight excluding hydrogens is 530 g/mol. The number of aliphatic imine (C=N–C) groups is 1. The van der Waals surface area contributed by atoms with E-state index in [0.29, 0.717) is 30.3 Å². The zero-order valence-corrected chi connectivity index (χ0v) is 23.5. The van der Waals surface area contributed by atoms with E-state index in [9.17, 15) is 4.79 Å². The van der Waals surface area contributed by atoms with E-state index in [-0.39, 0.29) is 11.6 Å². The molecule has 2 aromatic carbocycles. The van der Waals surface area contributed by atoms with E-state index in [2.05, 4.69) is 50.1 Å². The second kappa shape index (κ2) is 12.4. The SMILES string of the molecule is Cc1nc(Oc2ccc(C(=O)O)cc2)ccc1CN1CCC(N2C(=Nc3cccnc3)OC[C@H]2c2ccccc2)CC1. The van der Waals surface area contributed by atoms with Crippen LogP contribution in [0.3, 0.4) is 0 Å². The number of hydrogen-bond acceptors (Lipinski definition) is 7. The summed E-state index contributed by atoms with van der Waals surface area (Å²) in [4.78, 5) is 29.6. The third kappa shape index (κ3) is 6.26. The van der Waals surface area contributed by atoms with E-state index < -0.39 is 5.97 Å². The fourth-order valence-electron chi connectivity index (χ4n) is 5.58. The Labute approximate surface area is 245 Å². The summed E-state index contributed by atoms with van der Waals surface area (Å²) in [5.74, 6) is 0.0688. The summed E-state index contributed by atoms with van der Waals surface area (Å²) in [5, 5.41) is 9.09. The largest absolute Gasteiger partial charge is 0.478 e. The van der Waals surface area contributed by atoms with Gasteiger partial charge in [0.25, 0.3) is 6.02 Å². The maximum absolute atomic E-state index is 11.1. The van der Waals surface area contributed by atoms with Gasteiger partial charge in [-0.2, -0.15) is 4.99 Å². The molecule has 2 saturated heterocycles. The number of carboxylic acid groups (broad SMARTS) is 1. The Morgan fingerprint density at radius 3 is 2.50 bits per heavy atom. The van der Waals surface area contributed by atoms with Gasteiger partial charge in [-0.15, -0.1) is 0 Å². The summed E-state index contributed by atoms with van der Waals surface area (Å²) in [6.45, 7) is 5.29. The Morgan fingerprint density at radius 1 is 1.02 bits per heavy atom.